The average Bonchev–Trinajstić information content (AvgIpc) is 0.898. The Morgan fingerprint density at radius 3 is 0.750 bits per heavy atom. The van der Waals surface area contributed by atoms with Gasteiger partial charge in [0.25, 0.3) is 0 Å². The molecule has 0 rings (SSSR count). The van der Waals surface area contributed by atoms with E-state index in [9.17, 15) is 43.2 Å². The van der Waals surface area contributed by atoms with Gasteiger partial charge in [0.05, 0.1) is 26.4 Å². The highest BCUT2D eigenvalue weighted by Crippen LogP contribution is 2.45. The lowest BCUT2D eigenvalue weighted by atomic mass is 10.1. The third-order valence-electron chi connectivity index (χ3n) is 17.0. The molecule has 5 unspecified atom stereocenters. The monoisotopic (exact) mass is 1600 g/mol. The summed E-state index contributed by atoms with van der Waals surface area (Å²) in [5.41, 5.74) is 0. The van der Waals surface area contributed by atoms with Crippen molar-refractivity contribution >= 4 is 39.5 Å². The average molecular weight is 1600 g/mol. The highest BCUT2D eigenvalue weighted by Gasteiger charge is 2.30. The fraction of sp³-hybridized carbons (Fsp3) is 0.613. The van der Waals surface area contributed by atoms with Gasteiger partial charge in [-0.1, -0.05) is 299 Å². The Hall–Kier alpha value is -6.10. The van der Waals surface area contributed by atoms with Crippen LogP contribution in [0.4, 0.5) is 0 Å². The number of ether oxygens (including phenoxy) is 4. The van der Waals surface area contributed by atoms with Crippen molar-refractivity contribution in [3.05, 3.63) is 194 Å². The van der Waals surface area contributed by atoms with E-state index in [2.05, 4.69) is 210 Å². The van der Waals surface area contributed by atoms with E-state index in [-0.39, 0.29) is 25.7 Å². The van der Waals surface area contributed by atoms with Gasteiger partial charge in [-0.2, -0.15) is 0 Å². The van der Waals surface area contributed by atoms with Crippen molar-refractivity contribution in [1.29, 1.82) is 0 Å². The van der Waals surface area contributed by atoms with Crippen LogP contribution in [-0.4, -0.2) is 96.7 Å². The van der Waals surface area contributed by atoms with Crippen LogP contribution in [0.1, 0.15) is 310 Å². The van der Waals surface area contributed by atoms with E-state index in [0.717, 1.165) is 205 Å². The molecule has 0 radical (unpaired) electrons. The van der Waals surface area contributed by atoms with Crippen LogP contribution in [-0.2, 0) is 65.4 Å². The van der Waals surface area contributed by atoms with Gasteiger partial charge in [0.1, 0.15) is 19.3 Å². The molecule has 3 N–H and O–H groups in total. The van der Waals surface area contributed by atoms with Gasteiger partial charge in [-0.05, 0) is 180 Å². The molecule has 0 amide bonds. The first-order valence-electron chi connectivity index (χ1n) is 42.7. The van der Waals surface area contributed by atoms with Crippen molar-refractivity contribution in [1.82, 2.24) is 0 Å². The minimum absolute atomic E-state index is 0.0467. The van der Waals surface area contributed by atoms with Crippen LogP contribution in [0.2, 0.25) is 0 Å². The number of carbonyl (C=O) groups is 4. The van der Waals surface area contributed by atoms with Crippen molar-refractivity contribution in [3.63, 3.8) is 0 Å². The Balaban J connectivity index is 5.51. The molecule has 0 aromatic carbocycles. The number of phosphoric ester groups is 2. The molecule has 0 aromatic rings. The molecular formula is C93H150O17P2. The Bertz CT molecular complexity index is 2890. The molecule has 17 nitrogen and oxygen atoms in total. The number of hydrogen-bond acceptors (Lipinski definition) is 15. The van der Waals surface area contributed by atoms with Gasteiger partial charge in [0.2, 0.25) is 0 Å². The summed E-state index contributed by atoms with van der Waals surface area (Å²) in [7, 11) is -10.0. The first kappa shape index (κ1) is 106. The summed E-state index contributed by atoms with van der Waals surface area (Å²) in [6.07, 6.45) is 102. The lowest BCUT2D eigenvalue weighted by Crippen LogP contribution is -2.30. The number of hydrogen-bond donors (Lipinski definition) is 3. The molecule has 0 fully saturated rings. The lowest BCUT2D eigenvalue weighted by Gasteiger charge is -2.21. The zero-order valence-electron chi connectivity index (χ0n) is 69.5. The van der Waals surface area contributed by atoms with Gasteiger partial charge >= 0.3 is 39.5 Å². The third-order valence-corrected chi connectivity index (χ3v) is 18.9. The van der Waals surface area contributed by atoms with Crippen LogP contribution in [0.15, 0.2) is 194 Å². The Kier molecular flexibility index (Phi) is 78.4. The molecule has 0 aromatic heterocycles. The zero-order valence-corrected chi connectivity index (χ0v) is 71.3. The second-order valence-corrected chi connectivity index (χ2v) is 30.5. The maximum absolute atomic E-state index is 13.2. The van der Waals surface area contributed by atoms with Crippen molar-refractivity contribution in [3.8, 4) is 0 Å². The standard InChI is InChI=1S/C93H150O17P2/c1-5-9-13-17-21-25-29-33-37-41-43-47-50-54-58-62-66-70-74-78-91(96)104-84-89(110-93(98)80-76-72-68-64-60-56-52-48-44-42-38-34-30-26-22-18-14-10-6-2)86-108-112(101,102)106-82-87(94)81-105-111(99,100)107-85-88(109-92(97)79-75-71-67-63-59-55-51-46-40-36-32-28-24-20-16-12-8-4)83-103-90(95)77-73-69-65-61-57-53-49-45-39-35-31-27-23-19-15-11-7-3/h9,11-13,15-16,21-28,33-40,43-44,47-49,51,53,55,61,65,87-89,94H,5-8,10,14,17-20,29-32,41-42,45-46,50,52,54,56-60,62-64,66-86H2,1-4H3,(H,99,100)(H,101,102)/b13-9-,15-11-,16-12-,25-21-,26-22-,27-23-,28-24-,37-33-,38-34-,39-35-,40-36-,47-43-,48-44-,53-49-,55-51-,65-61-. The molecule has 0 aliphatic heterocycles. The zero-order chi connectivity index (χ0) is 81.7. The summed E-state index contributed by atoms with van der Waals surface area (Å²) in [6.45, 7) is 4.39. The van der Waals surface area contributed by atoms with Gasteiger partial charge < -0.3 is 33.8 Å². The van der Waals surface area contributed by atoms with Crippen molar-refractivity contribution in [2.75, 3.05) is 39.6 Å². The van der Waals surface area contributed by atoms with E-state index in [4.69, 9.17) is 37.0 Å². The van der Waals surface area contributed by atoms with Crippen LogP contribution in [0.3, 0.4) is 0 Å². The fourth-order valence-corrected chi connectivity index (χ4v) is 12.2. The summed E-state index contributed by atoms with van der Waals surface area (Å²) in [6, 6.07) is 0. The SMILES string of the molecule is CC/C=C\C/C=C\C/C=C\C/C=C\C/C=C\CCCC(=O)OCC(COP(=O)(O)OCC(O)COP(=O)(O)OCC(COC(=O)CCCCCCCC/C=C\C/C=C\C/C=C\C/C=C\CC)OC(=O)CCCCCCCC/C=C\C/C=C\C/C=C\CCCCC)OC(=O)CCCCCC/C=C\C/C=C\C/C=C\C/C=C\CC. The van der Waals surface area contributed by atoms with Crippen LogP contribution in [0.5, 0.6) is 0 Å². The topological polar surface area (TPSA) is 237 Å². The minimum atomic E-state index is -5.01. The van der Waals surface area contributed by atoms with Gasteiger partial charge in [0, 0.05) is 25.7 Å². The van der Waals surface area contributed by atoms with E-state index >= 15 is 0 Å². The first-order chi connectivity index (χ1) is 54.7. The molecule has 0 bridgehead atoms. The molecular weight excluding hydrogens is 1450 g/mol. The number of aliphatic hydroxyl groups excluding tert-OH is 1. The summed E-state index contributed by atoms with van der Waals surface area (Å²) < 4.78 is 68.8. The van der Waals surface area contributed by atoms with Gasteiger partial charge in [-0.15, -0.1) is 0 Å². The summed E-state index contributed by atoms with van der Waals surface area (Å²) in [4.78, 5) is 73.3. The molecule has 5 atom stereocenters. The van der Waals surface area contributed by atoms with Crippen molar-refractivity contribution in [2.45, 2.75) is 329 Å². The number of carbonyl (C=O) groups excluding carboxylic acids is 4. The largest absolute Gasteiger partial charge is 0.472 e. The number of allylic oxidation sites excluding steroid dienone is 32. The molecule has 0 aliphatic rings. The quantitative estimate of drug-likeness (QED) is 0.0169. The smallest absolute Gasteiger partial charge is 0.462 e. The number of rotatable bonds is 78. The van der Waals surface area contributed by atoms with Crippen molar-refractivity contribution < 1.29 is 80.2 Å². The van der Waals surface area contributed by atoms with E-state index < -0.39 is 97.5 Å². The number of unbranched alkanes of at least 4 members (excludes halogenated alkanes) is 20. The molecule has 634 valence electrons. The Morgan fingerprint density at radius 2 is 0.473 bits per heavy atom. The molecule has 112 heavy (non-hydrogen) atoms. The highest BCUT2D eigenvalue weighted by atomic mass is 31.2. The van der Waals surface area contributed by atoms with Gasteiger partial charge in [-0.25, -0.2) is 9.13 Å². The molecule has 0 aliphatic carbocycles. The van der Waals surface area contributed by atoms with Gasteiger partial charge in [-0.3, -0.25) is 37.3 Å². The second-order valence-electron chi connectivity index (χ2n) is 27.6. The number of aliphatic hydroxyl groups is 1. The summed E-state index contributed by atoms with van der Waals surface area (Å²) >= 11 is 0. The van der Waals surface area contributed by atoms with Crippen LogP contribution in [0, 0.1) is 0 Å². The molecule has 0 heterocycles. The van der Waals surface area contributed by atoms with Gasteiger partial charge in [0.15, 0.2) is 12.2 Å². The maximum Gasteiger partial charge on any atom is 0.472 e. The van der Waals surface area contributed by atoms with E-state index in [1.54, 1.807) is 0 Å². The van der Waals surface area contributed by atoms with Crippen LogP contribution < -0.4 is 0 Å². The van der Waals surface area contributed by atoms with Crippen LogP contribution >= 0.6 is 15.6 Å². The fourth-order valence-electron chi connectivity index (χ4n) is 10.7. The van der Waals surface area contributed by atoms with Crippen molar-refractivity contribution in [2.24, 2.45) is 0 Å². The lowest BCUT2D eigenvalue weighted by molar-refractivity contribution is -0.161. The molecule has 0 saturated carbocycles. The maximum atomic E-state index is 13.2. The highest BCUT2D eigenvalue weighted by molar-refractivity contribution is 7.47. The predicted octanol–water partition coefficient (Wildman–Crippen LogP) is 25.7. The Labute approximate surface area is 678 Å². The molecule has 19 heteroatoms. The molecule has 0 spiro atoms. The predicted molar refractivity (Wildman–Crippen MR) is 463 cm³/mol. The number of phosphoric acid groups is 2. The van der Waals surface area contributed by atoms with Crippen LogP contribution in [0.25, 0.3) is 0 Å². The molecule has 0 saturated heterocycles. The number of esters is 4. The second kappa shape index (κ2) is 82.9. The Morgan fingerprint density at radius 1 is 0.259 bits per heavy atom. The minimum Gasteiger partial charge on any atom is -0.462 e. The normalized spacial score (nSPS) is 14.7. The summed E-state index contributed by atoms with van der Waals surface area (Å²) in [5.74, 6) is -2.31. The first-order valence-corrected chi connectivity index (χ1v) is 45.7. The van der Waals surface area contributed by atoms with E-state index in [0.29, 0.717) is 32.1 Å². The van der Waals surface area contributed by atoms with E-state index in [1.165, 1.54) is 19.3 Å². The third kappa shape index (κ3) is 81.9. The summed E-state index contributed by atoms with van der Waals surface area (Å²) in [5, 5.41) is 10.7. The van der Waals surface area contributed by atoms with E-state index in [1.807, 2.05) is 12.2 Å².